The number of ether oxygens (including phenoxy) is 1. The van der Waals surface area contributed by atoms with E-state index in [1.54, 1.807) is 28.0 Å². The van der Waals surface area contributed by atoms with Gasteiger partial charge in [0.1, 0.15) is 0 Å². The Hall–Kier alpha value is -2.37. The lowest BCUT2D eigenvalue weighted by Gasteiger charge is -2.31. The molecule has 23 heavy (non-hydrogen) atoms. The van der Waals surface area contributed by atoms with Crippen LogP contribution in [0.3, 0.4) is 0 Å². The Balaban J connectivity index is 2.68. The van der Waals surface area contributed by atoms with Crippen molar-refractivity contribution in [2.45, 2.75) is 39.7 Å². The first-order valence-electron chi connectivity index (χ1n) is 7.70. The van der Waals surface area contributed by atoms with Gasteiger partial charge in [0.05, 0.1) is 24.0 Å². The van der Waals surface area contributed by atoms with E-state index in [9.17, 15) is 14.4 Å². The highest BCUT2D eigenvalue weighted by Gasteiger charge is 2.31. The van der Waals surface area contributed by atoms with Gasteiger partial charge in [-0.25, -0.2) is 4.79 Å². The summed E-state index contributed by atoms with van der Waals surface area (Å²) in [4.78, 5) is 39.6. The third kappa shape index (κ3) is 3.21. The minimum Gasteiger partial charge on any atom is -0.465 e. The number of methoxy groups -OCH3 is 1. The van der Waals surface area contributed by atoms with Crippen LogP contribution in [-0.2, 0) is 14.3 Å². The maximum atomic E-state index is 12.2. The number of benzene rings is 1. The Morgan fingerprint density at radius 1 is 1.30 bits per heavy atom. The molecule has 0 radical (unpaired) electrons. The van der Waals surface area contributed by atoms with Gasteiger partial charge in [-0.2, -0.15) is 0 Å². The molecule has 2 rings (SSSR count). The van der Waals surface area contributed by atoms with Crippen LogP contribution in [0.2, 0.25) is 0 Å². The van der Waals surface area contributed by atoms with Crippen LogP contribution in [0.25, 0.3) is 0 Å². The zero-order chi connectivity index (χ0) is 17.1. The van der Waals surface area contributed by atoms with Crippen molar-refractivity contribution in [1.82, 2.24) is 0 Å². The first-order valence-corrected chi connectivity index (χ1v) is 7.70. The Bertz CT molecular complexity index is 639. The first kappa shape index (κ1) is 17.0. The Kier molecular flexibility index (Phi) is 5.03. The van der Waals surface area contributed by atoms with Crippen molar-refractivity contribution in [2.75, 3.05) is 23.5 Å². The molecule has 124 valence electrons. The van der Waals surface area contributed by atoms with Crippen LogP contribution in [-0.4, -0.2) is 37.5 Å². The molecule has 1 aromatic rings. The van der Waals surface area contributed by atoms with Crippen LogP contribution in [0.4, 0.5) is 11.4 Å². The van der Waals surface area contributed by atoms with Gasteiger partial charge in [0, 0.05) is 25.9 Å². The second kappa shape index (κ2) is 6.81. The topological polar surface area (TPSA) is 66.9 Å². The van der Waals surface area contributed by atoms with Crippen molar-refractivity contribution in [1.29, 1.82) is 0 Å². The zero-order valence-corrected chi connectivity index (χ0v) is 14.0. The van der Waals surface area contributed by atoms with Crippen molar-refractivity contribution in [2.24, 2.45) is 0 Å². The lowest BCUT2D eigenvalue weighted by Crippen LogP contribution is -2.37. The van der Waals surface area contributed by atoms with Crippen LogP contribution in [0.5, 0.6) is 0 Å². The molecule has 0 unspecified atom stereocenters. The number of hydrogen-bond donors (Lipinski definition) is 0. The first-order chi connectivity index (χ1) is 10.9. The smallest absolute Gasteiger partial charge is 0.340 e. The van der Waals surface area contributed by atoms with E-state index in [-0.39, 0.29) is 17.9 Å². The molecule has 1 aliphatic heterocycles. The number of carbonyl (C=O) groups excluding carboxylic acids is 3. The van der Waals surface area contributed by atoms with E-state index in [1.165, 1.54) is 14.0 Å². The Morgan fingerprint density at radius 2 is 2.00 bits per heavy atom. The second-order valence-corrected chi connectivity index (χ2v) is 5.80. The van der Waals surface area contributed by atoms with Crippen LogP contribution in [0.1, 0.15) is 44.0 Å². The summed E-state index contributed by atoms with van der Waals surface area (Å²) in [6.45, 7) is 5.79. The van der Waals surface area contributed by atoms with Crippen molar-refractivity contribution in [3.05, 3.63) is 23.8 Å². The zero-order valence-electron chi connectivity index (χ0n) is 14.0. The summed E-state index contributed by atoms with van der Waals surface area (Å²) in [5, 5.41) is 0. The molecule has 0 atom stereocenters. The van der Waals surface area contributed by atoms with Gasteiger partial charge in [0.2, 0.25) is 11.8 Å². The van der Waals surface area contributed by atoms with Crippen LogP contribution >= 0.6 is 0 Å². The molecule has 1 aliphatic rings. The van der Waals surface area contributed by atoms with Gasteiger partial charge in [0.25, 0.3) is 0 Å². The van der Waals surface area contributed by atoms with Gasteiger partial charge >= 0.3 is 5.97 Å². The molecule has 6 heteroatoms. The number of nitrogens with zero attached hydrogens (tertiary/aromatic N) is 2. The van der Waals surface area contributed by atoms with Crippen molar-refractivity contribution in [3.63, 3.8) is 0 Å². The molecule has 1 heterocycles. The minimum atomic E-state index is -0.520. The third-order valence-electron chi connectivity index (χ3n) is 3.88. The fourth-order valence-corrected chi connectivity index (χ4v) is 2.98. The SMILES string of the molecule is COC(=O)c1cccc(N(C(C)=O)C(C)C)c1N1CCCC1=O. The summed E-state index contributed by atoms with van der Waals surface area (Å²) < 4.78 is 4.85. The molecule has 1 fully saturated rings. The van der Waals surface area contributed by atoms with Gasteiger partial charge in [-0.15, -0.1) is 0 Å². The summed E-state index contributed by atoms with van der Waals surface area (Å²) >= 11 is 0. The molecular formula is C17H22N2O4. The van der Waals surface area contributed by atoms with Gasteiger partial charge in [0.15, 0.2) is 0 Å². The number of rotatable bonds is 4. The molecule has 0 aromatic heterocycles. The van der Waals surface area contributed by atoms with Crippen LogP contribution in [0, 0.1) is 0 Å². The molecule has 2 amide bonds. The standard InChI is InChI=1S/C17H22N2O4/c1-11(2)19(12(3)20)14-8-5-7-13(17(22)23-4)16(14)18-10-6-9-15(18)21/h5,7-8,11H,6,9-10H2,1-4H3. The van der Waals surface area contributed by atoms with E-state index in [2.05, 4.69) is 0 Å². The molecule has 1 aromatic carbocycles. The summed E-state index contributed by atoms with van der Waals surface area (Å²) in [5.41, 5.74) is 1.32. The third-order valence-corrected chi connectivity index (χ3v) is 3.88. The van der Waals surface area contributed by atoms with Crippen LogP contribution in [0.15, 0.2) is 18.2 Å². The highest BCUT2D eigenvalue weighted by Crippen LogP contribution is 2.37. The second-order valence-electron chi connectivity index (χ2n) is 5.80. The average Bonchev–Trinajstić information content (AvgIpc) is 2.91. The Morgan fingerprint density at radius 3 is 2.48 bits per heavy atom. The number of carbonyl (C=O) groups is 3. The highest BCUT2D eigenvalue weighted by molar-refractivity contribution is 6.09. The number of para-hydroxylation sites is 1. The lowest BCUT2D eigenvalue weighted by molar-refractivity contribution is -0.118. The molecule has 0 spiro atoms. The van der Waals surface area contributed by atoms with Gasteiger partial charge in [-0.1, -0.05) is 6.07 Å². The number of anilines is 2. The van der Waals surface area contributed by atoms with E-state index in [0.29, 0.717) is 29.9 Å². The van der Waals surface area contributed by atoms with Crippen molar-refractivity contribution in [3.8, 4) is 0 Å². The molecule has 0 saturated carbocycles. The monoisotopic (exact) mass is 318 g/mol. The van der Waals surface area contributed by atoms with E-state index < -0.39 is 5.97 Å². The lowest BCUT2D eigenvalue weighted by atomic mass is 10.1. The average molecular weight is 318 g/mol. The number of esters is 1. The molecule has 1 saturated heterocycles. The fourth-order valence-electron chi connectivity index (χ4n) is 2.98. The minimum absolute atomic E-state index is 0.0464. The highest BCUT2D eigenvalue weighted by atomic mass is 16.5. The van der Waals surface area contributed by atoms with E-state index in [4.69, 9.17) is 4.74 Å². The quantitative estimate of drug-likeness (QED) is 0.799. The fraction of sp³-hybridized carbons (Fsp3) is 0.471. The predicted molar refractivity (Wildman–Crippen MR) is 87.7 cm³/mol. The van der Waals surface area contributed by atoms with E-state index >= 15 is 0 Å². The molecule has 6 nitrogen and oxygen atoms in total. The van der Waals surface area contributed by atoms with E-state index in [1.807, 2.05) is 13.8 Å². The maximum Gasteiger partial charge on any atom is 0.340 e. The number of amides is 2. The van der Waals surface area contributed by atoms with Crippen molar-refractivity contribution >= 4 is 29.2 Å². The predicted octanol–water partition coefficient (Wildman–Crippen LogP) is 2.36. The van der Waals surface area contributed by atoms with Crippen molar-refractivity contribution < 1.29 is 19.1 Å². The number of hydrogen-bond acceptors (Lipinski definition) is 4. The van der Waals surface area contributed by atoms with Gasteiger partial charge < -0.3 is 14.5 Å². The summed E-state index contributed by atoms with van der Waals surface area (Å²) in [6, 6.07) is 4.98. The summed E-state index contributed by atoms with van der Waals surface area (Å²) in [6.07, 6.45) is 1.17. The van der Waals surface area contributed by atoms with Crippen LogP contribution < -0.4 is 9.80 Å². The normalized spacial score (nSPS) is 14.3. The molecular weight excluding hydrogens is 296 g/mol. The summed E-state index contributed by atoms with van der Waals surface area (Å²) in [7, 11) is 1.30. The van der Waals surface area contributed by atoms with Gasteiger partial charge in [-0.05, 0) is 32.4 Å². The Labute approximate surface area is 136 Å². The molecule has 0 N–H and O–H groups in total. The maximum absolute atomic E-state index is 12.2. The molecule has 0 aliphatic carbocycles. The molecule has 0 bridgehead atoms. The largest absolute Gasteiger partial charge is 0.465 e. The summed E-state index contributed by atoms with van der Waals surface area (Å²) in [5.74, 6) is -0.710. The van der Waals surface area contributed by atoms with Gasteiger partial charge in [-0.3, -0.25) is 9.59 Å². The van der Waals surface area contributed by atoms with E-state index in [0.717, 1.165) is 6.42 Å².